The van der Waals surface area contributed by atoms with Crippen molar-refractivity contribution in [2.24, 2.45) is 5.73 Å². The van der Waals surface area contributed by atoms with Gasteiger partial charge in [-0.25, -0.2) is 8.78 Å². The molecule has 1 aromatic carbocycles. The standard InChI is InChI=1S/C12H11F2N3O3/c13-11(14)6-3-8-9(19-2-1-18-8)4-7(6)12-16-10(5-15)20-17-12/h3-4,11H,1-2,5,15H2. The molecule has 0 unspecified atom stereocenters. The lowest BCUT2D eigenvalue weighted by molar-refractivity contribution is 0.147. The van der Waals surface area contributed by atoms with Crippen LogP contribution in [0.2, 0.25) is 0 Å². The highest BCUT2D eigenvalue weighted by atomic mass is 19.3. The highest BCUT2D eigenvalue weighted by Gasteiger charge is 2.24. The number of fused-ring (bicyclic) bond motifs is 1. The van der Waals surface area contributed by atoms with E-state index in [9.17, 15) is 8.78 Å². The second kappa shape index (κ2) is 5.04. The molecule has 1 aliphatic rings. The summed E-state index contributed by atoms with van der Waals surface area (Å²) in [6, 6.07) is 2.67. The Morgan fingerprint density at radius 2 is 1.90 bits per heavy atom. The molecular weight excluding hydrogens is 272 g/mol. The Bertz CT molecular complexity index is 630. The van der Waals surface area contributed by atoms with Gasteiger partial charge < -0.3 is 19.7 Å². The molecule has 0 spiro atoms. The van der Waals surface area contributed by atoms with Crippen molar-refractivity contribution >= 4 is 0 Å². The van der Waals surface area contributed by atoms with Crippen LogP contribution in [0.3, 0.4) is 0 Å². The molecule has 0 aliphatic carbocycles. The number of nitrogens with zero attached hydrogens (tertiary/aromatic N) is 2. The van der Waals surface area contributed by atoms with E-state index in [1.807, 2.05) is 0 Å². The van der Waals surface area contributed by atoms with Crippen LogP contribution in [0.15, 0.2) is 16.7 Å². The summed E-state index contributed by atoms with van der Waals surface area (Å²) in [6.07, 6.45) is -2.69. The summed E-state index contributed by atoms with van der Waals surface area (Å²) in [6.45, 7) is 0.733. The molecule has 0 amide bonds. The Hall–Kier alpha value is -2.22. The van der Waals surface area contributed by atoms with Gasteiger partial charge in [0, 0.05) is 11.1 Å². The fourth-order valence-corrected chi connectivity index (χ4v) is 1.93. The second-order valence-corrected chi connectivity index (χ2v) is 4.10. The van der Waals surface area contributed by atoms with Crippen LogP contribution < -0.4 is 15.2 Å². The number of hydrogen-bond donors (Lipinski definition) is 1. The fraction of sp³-hybridized carbons (Fsp3) is 0.333. The predicted octanol–water partition coefficient (Wildman–Crippen LogP) is 1.90. The van der Waals surface area contributed by atoms with Gasteiger partial charge in [0.1, 0.15) is 13.2 Å². The monoisotopic (exact) mass is 283 g/mol. The van der Waals surface area contributed by atoms with E-state index in [1.165, 1.54) is 12.1 Å². The van der Waals surface area contributed by atoms with Gasteiger partial charge in [-0.15, -0.1) is 0 Å². The van der Waals surface area contributed by atoms with Crippen molar-refractivity contribution in [1.29, 1.82) is 0 Å². The van der Waals surface area contributed by atoms with Crippen molar-refractivity contribution < 1.29 is 22.8 Å². The van der Waals surface area contributed by atoms with Gasteiger partial charge >= 0.3 is 0 Å². The molecule has 2 heterocycles. The van der Waals surface area contributed by atoms with Gasteiger partial charge in [0.15, 0.2) is 11.5 Å². The molecule has 8 heteroatoms. The normalized spacial score (nSPS) is 13.8. The topological polar surface area (TPSA) is 83.4 Å². The third-order valence-electron chi connectivity index (χ3n) is 2.83. The van der Waals surface area contributed by atoms with Crippen LogP contribution in [-0.4, -0.2) is 23.4 Å². The molecule has 1 aromatic heterocycles. The lowest BCUT2D eigenvalue weighted by atomic mass is 10.1. The van der Waals surface area contributed by atoms with E-state index in [1.54, 1.807) is 0 Å². The van der Waals surface area contributed by atoms with Crippen molar-refractivity contribution in [2.45, 2.75) is 13.0 Å². The number of rotatable bonds is 3. The van der Waals surface area contributed by atoms with Gasteiger partial charge in [0.05, 0.1) is 6.54 Å². The molecule has 0 bridgehead atoms. The van der Waals surface area contributed by atoms with Gasteiger partial charge in [-0.1, -0.05) is 5.16 Å². The fourth-order valence-electron chi connectivity index (χ4n) is 1.93. The number of alkyl halides is 2. The second-order valence-electron chi connectivity index (χ2n) is 4.10. The van der Waals surface area contributed by atoms with Gasteiger partial charge in [0.25, 0.3) is 6.43 Å². The Morgan fingerprint density at radius 3 is 2.50 bits per heavy atom. The third-order valence-corrected chi connectivity index (χ3v) is 2.83. The Labute approximate surface area is 112 Å². The zero-order valence-corrected chi connectivity index (χ0v) is 10.3. The summed E-state index contributed by atoms with van der Waals surface area (Å²) >= 11 is 0. The molecule has 20 heavy (non-hydrogen) atoms. The average molecular weight is 283 g/mol. The summed E-state index contributed by atoms with van der Waals surface area (Å²) in [7, 11) is 0. The first-order valence-corrected chi connectivity index (χ1v) is 5.93. The SMILES string of the molecule is NCc1nc(-c2cc3c(cc2C(F)F)OCCO3)no1. The Balaban J connectivity index is 2.12. The maximum Gasteiger partial charge on any atom is 0.264 e. The van der Waals surface area contributed by atoms with Crippen molar-refractivity contribution in [2.75, 3.05) is 13.2 Å². The molecule has 1 aliphatic heterocycles. The van der Waals surface area contributed by atoms with E-state index in [0.29, 0.717) is 19.0 Å². The van der Waals surface area contributed by atoms with E-state index < -0.39 is 6.43 Å². The van der Waals surface area contributed by atoms with Gasteiger partial charge in [-0.3, -0.25) is 0 Å². The first-order chi connectivity index (χ1) is 9.69. The van der Waals surface area contributed by atoms with Crippen LogP contribution in [0, 0.1) is 0 Å². The molecule has 2 aromatic rings. The molecule has 2 N–H and O–H groups in total. The van der Waals surface area contributed by atoms with E-state index in [2.05, 4.69) is 10.1 Å². The molecule has 0 fully saturated rings. The van der Waals surface area contributed by atoms with E-state index >= 15 is 0 Å². The first kappa shape index (κ1) is 12.8. The van der Waals surface area contributed by atoms with E-state index in [0.717, 1.165) is 0 Å². The molecule has 0 radical (unpaired) electrons. The van der Waals surface area contributed by atoms with Crippen LogP contribution in [0.25, 0.3) is 11.4 Å². The number of halogens is 2. The predicted molar refractivity (Wildman–Crippen MR) is 63.6 cm³/mol. The number of benzene rings is 1. The number of aromatic nitrogens is 2. The molecule has 0 atom stereocenters. The number of ether oxygens (including phenoxy) is 2. The van der Waals surface area contributed by atoms with Gasteiger partial charge in [-0.05, 0) is 12.1 Å². The molecule has 0 saturated heterocycles. The molecule has 0 saturated carbocycles. The van der Waals surface area contributed by atoms with Crippen molar-refractivity contribution in [3.8, 4) is 22.9 Å². The molecule has 6 nitrogen and oxygen atoms in total. The number of nitrogens with two attached hydrogens (primary N) is 1. The minimum atomic E-state index is -2.69. The Kier molecular flexibility index (Phi) is 3.23. The maximum atomic E-state index is 13.2. The van der Waals surface area contributed by atoms with Gasteiger partial charge in [-0.2, -0.15) is 4.98 Å². The highest BCUT2D eigenvalue weighted by molar-refractivity contribution is 5.66. The van der Waals surface area contributed by atoms with Crippen LogP contribution in [-0.2, 0) is 6.54 Å². The maximum absolute atomic E-state index is 13.2. The average Bonchev–Trinajstić information content (AvgIpc) is 2.94. The molecule has 3 rings (SSSR count). The first-order valence-electron chi connectivity index (χ1n) is 5.93. The van der Waals surface area contributed by atoms with E-state index in [-0.39, 0.29) is 35.1 Å². The van der Waals surface area contributed by atoms with Crippen molar-refractivity contribution in [3.63, 3.8) is 0 Å². The zero-order chi connectivity index (χ0) is 14.1. The lowest BCUT2D eigenvalue weighted by Gasteiger charge is -2.20. The van der Waals surface area contributed by atoms with E-state index in [4.69, 9.17) is 19.7 Å². The van der Waals surface area contributed by atoms with Gasteiger partial charge in [0.2, 0.25) is 11.7 Å². The Morgan fingerprint density at radius 1 is 1.20 bits per heavy atom. The van der Waals surface area contributed by atoms with Crippen molar-refractivity contribution in [1.82, 2.24) is 10.1 Å². The highest BCUT2D eigenvalue weighted by Crippen LogP contribution is 2.40. The lowest BCUT2D eigenvalue weighted by Crippen LogP contribution is -2.15. The molecule has 106 valence electrons. The molecular formula is C12H11F2N3O3. The minimum absolute atomic E-state index is 0.0432. The summed E-state index contributed by atoms with van der Waals surface area (Å²) < 4.78 is 41.8. The number of hydrogen-bond acceptors (Lipinski definition) is 6. The van der Waals surface area contributed by atoms with Crippen LogP contribution in [0.4, 0.5) is 8.78 Å². The minimum Gasteiger partial charge on any atom is -0.486 e. The van der Waals surface area contributed by atoms with Crippen molar-refractivity contribution in [3.05, 3.63) is 23.6 Å². The third kappa shape index (κ3) is 2.18. The summed E-state index contributed by atoms with van der Waals surface area (Å²) in [5, 5.41) is 3.65. The smallest absolute Gasteiger partial charge is 0.264 e. The van der Waals surface area contributed by atoms with Crippen LogP contribution >= 0.6 is 0 Å². The summed E-state index contributed by atoms with van der Waals surface area (Å²) in [4.78, 5) is 3.96. The quantitative estimate of drug-likeness (QED) is 0.926. The van der Waals surface area contributed by atoms with Crippen LogP contribution in [0.5, 0.6) is 11.5 Å². The largest absolute Gasteiger partial charge is 0.486 e. The van der Waals surface area contributed by atoms with Crippen LogP contribution in [0.1, 0.15) is 17.9 Å². The summed E-state index contributed by atoms with van der Waals surface area (Å²) in [5.41, 5.74) is 5.27. The zero-order valence-electron chi connectivity index (χ0n) is 10.3. The summed E-state index contributed by atoms with van der Waals surface area (Å²) in [5.74, 6) is 0.903.